The van der Waals surface area contributed by atoms with Crippen molar-refractivity contribution in [3.63, 3.8) is 0 Å². The fourth-order valence-corrected chi connectivity index (χ4v) is 2.17. The first-order valence-corrected chi connectivity index (χ1v) is 6.43. The van der Waals surface area contributed by atoms with Crippen molar-refractivity contribution in [1.29, 1.82) is 0 Å². The Bertz CT molecular complexity index is 399. The summed E-state index contributed by atoms with van der Waals surface area (Å²) in [5, 5.41) is 2.99. The van der Waals surface area contributed by atoms with Gasteiger partial charge >= 0.3 is 0 Å². The Balaban J connectivity index is 2.05. The molecule has 0 atom stereocenters. The molecule has 3 heteroatoms. The van der Waals surface area contributed by atoms with E-state index in [1.807, 2.05) is 30.3 Å². The zero-order chi connectivity index (χ0) is 11.4. The average Bonchev–Trinajstić information content (AvgIpc) is 3.11. The number of benzene rings is 1. The summed E-state index contributed by atoms with van der Waals surface area (Å²) < 4.78 is 0. The highest BCUT2D eigenvalue weighted by atomic mass is 32.2. The van der Waals surface area contributed by atoms with Crippen molar-refractivity contribution in [2.75, 3.05) is 11.1 Å². The Morgan fingerprint density at radius 3 is 2.94 bits per heavy atom. The zero-order valence-electron chi connectivity index (χ0n) is 9.11. The number of carbonyl (C=O) groups is 1. The predicted molar refractivity (Wildman–Crippen MR) is 68.7 cm³/mol. The lowest BCUT2D eigenvalue weighted by Gasteiger charge is -2.09. The molecule has 0 aliphatic heterocycles. The number of para-hydroxylation sites is 1. The molecule has 1 amide bonds. The molecule has 0 spiro atoms. The van der Waals surface area contributed by atoms with Crippen LogP contribution in [-0.4, -0.2) is 11.7 Å². The van der Waals surface area contributed by atoms with Crippen LogP contribution >= 0.6 is 11.8 Å². The number of thioether (sulfide) groups is 1. The lowest BCUT2D eigenvalue weighted by molar-refractivity contribution is -0.117. The van der Waals surface area contributed by atoms with Gasteiger partial charge in [-0.25, -0.2) is 0 Å². The Kier molecular flexibility index (Phi) is 3.67. The number of carbonyl (C=O) groups excluding carboxylic acids is 1. The van der Waals surface area contributed by atoms with Crippen LogP contribution in [-0.2, 0) is 4.79 Å². The van der Waals surface area contributed by atoms with Crippen molar-refractivity contribution in [2.24, 2.45) is 5.92 Å². The van der Waals surface area contributed by atoms with Crippen molar-refractivity contribution in [3.05, 3.63) is 36.9 Å². The highest BCUT2D eigenvalue weighted by Gasteiger charge is 2.29. The molecule has 0 aromatic heterocycles. The standard InChI is InChI=1S/C13H15NOS/c1-2-9-16-12-6-4-3-5-11(12)14-13(15)10-7-8-10/h2-6,10H,1,7-9H2,(H,14,15). The van der Waals surface area contributed by atoms with Gasteiger partial charge in [0.05, 0.1) is 5.69 Å². The van der Waals surface area contributed by atoms with Gasteiger partial charge in [-0.15, -0.1) is 18.3 Å². The highest BCUT2D eigenvalue weighted by Crippen LogP contribution is 2.32. The first-order valence-electron chi connectivity index (χ1n) is 5.45. The number of hydrogen-bond acceptors (Lipinski definition) is 2. The third kappa shape index (κ3) is 2.89. The van der Waals surface area contributed by atoms with Crippen molar-refractivity contribution in [3.8, 4) is 0 Å². The molecule has 16 heavy (non-hydrogen) atoms. The van der Waals surface area contributed by atoms with Crippen molar-refractivity contribution < 1.29 is 4.79 Å². The Labute approximate surface area is 100 Å². The summed E-state index contributed by atoms with van der Waals surface area (Å²) in [4.78, 5) is 12.8. The highest BCUT2D eigenvalue weighted by molar-refractivity contribution is 7.99. The quantitative estimate of drug-likeness (QED) is 0.624. The second-order valence-corrected chi connectivity index (χ2v) is 4.92. The van der Waals surface area contributed by atoms with E-state index >= 15 is 0 Å². The van der Waals surface area contributed by atoms with E-state index in [-0.39, 0.29) is 11.8 Å². The first-order chi connectivity index (χ1) is 7.81. The molecule has 0 unspecified atom stereocenters. The number of anilines is 1. The van der Waals surface area contributed by atoms with Gasteiger partial charge < -0.3 is 5.32 Å². The third-order valence-electron chi connectivity index (χ3n) is 2.45. The molecule has 1 N–H and O–H groups in total. The summed E-state index contributed by atoms with van der Waals surface area (Å²) >= 11 is 1.69. The van der Waals surface area contributed by atoms with Gasteiger partial charge in [0, 0.05) is 16.6 Å². The minimum absolute atomic E-state index is 0.159. The molecular formula is C13H15NOS. The monoisotopic (exact) mass is 233 g/mol. The van der Waals surface area contributed by atoms with Crippen LogP contribution in [0.3, 0.4) is 0 Å². The number of hydrogen-bond donors (Lipinski definition) is 1. The normalized spacial score (nSPS) is 14.5. The van der Waals surface area contributed by atoms with Crippen LogP contribution in [0.15, 0.2) is 41.8 Å². The first kappa shape index (κ1) is 11.3. The molecule has 0 bridgehead atoms. The van der Waals surface area contributed by atoms with Gasteiger partial charge in [0.2, 0.25) is 5.91 Å². The summed E-state index contributed by atoms with van der Waals surface area (Å²) in [5.74, 6) is 1.26. The molecule has 1 aromatic rings. The van der Waals surface area contributed by atoms with Crippen LogP contribution in [0.25, 0.3) is 0 Å². The number of rotatable bonds is 5. The van der Waals surface area contributed by atoms with Gasteiger partial charge in [-0.2, -0.15) is 0 Å². The molecule has 1 saturated carbocycles. The number of nitrogens with one attached hydrogen (secondary N) is 1. The molecule has 0 radical (unpaired) electrons. The van der Waals surface area contributed by atoms with E-state index < -0.39 is 0 Å². The van der Waals surface area contributed by atoms with Gasteiger partial charge in [0.1, 0.15) is 0 Å². The molecule has 1 fully saturated rings. The fourth-order valence-electron chi connectivity index (χ4n) is 1.42. The molecule has 2 nitrogen and oxygen atoms in total. The lowest BCUT2D eigenvalue weighted by Crippen LogP contribution is -2.13. The molecule has 1 aliphatic carbocycles. The Morgan fingerprint density at radius 1 is 1.50 bits per heavy atom. The van der Waals surface area contributed by atoms with Gasteiger partial charge in [0.25, 0.3) is 0 Å². The maximum atomic E-state index is 11.7. The molecule has 0 heterocycles. The number of amides is 1. The second kappa shape index (κ2) is 5.21. The second-order valence-electron chi connectivity index (χ2n) is 3.86. The molecule has 1 aliphatic rings. The van der Waals surface area contributed by atoms with E-state index in [1.165, 1.54) is 0 Å². The summed E-state index contributed by atoms with van der Waals surface area (Å²) in [6.45, 7) is 3.70. The van der Waals surface area contributed by atoms with Crippen molar-refractivity contribution in [1.82, 2.24) is 0 Å². The molecule has 1 aromatic carbocycles. The van der Waals surface area contributed by atoms with E-state index in [2.05, 4.69) is 11.9 Å². The summed E-state index contributed by atoms with van der Waals surface area (Å²) in [6.07, 6.45) is 3.94. The average molecular weight is 233 g/mol. The van der Waals surface area contributed by atoms with Crippen LogP contribution in [0.4, 0.5) is 5.69 Å². The van der Waals surface area contributed by atoms with Crippen LogP contribution in [0.1, 0.15) is 12.8 Å². The minimum Gasteiger partial charge on any atom is -0.325 e. The van der Waals surface area contributed by atoms with Gasteiger partial charge in [-0.3, -0.25) is 4.79 Å². The minimum atomic E-state index is 0.159. The van der Waals surface area contributed by atoms with Gasteiger partial charge in [-0.05, 0) is 25.0 Å². The zero-order valence-corrected chi connectivity index (χ0v) is 9.93. The maximum absolute atomic E-state index is 11.7. The Morgan fingerprint density at radius 2 is 2.25 bits per heavy atom. The molecule has 0 saturated heterocycles. The smallest absolute Gasteiger partial charge is 0.227 e. The van der Waals surface area contributed by atoms with Crippen molar-refractivity contribution in [2.45, 2.75) is 17.7 Å². The van der Waals surface area contributed by atoms with Crippen molar-refractivity contribution >= 4 is 23.4 Å². The summed E-state index contributed by atoms with van der Waals surface area (Å²) in [5.41, 5.74) is 0.922. The van der Waals surface area contributed by atoms with E-state index in [9.17, 15) is 4.79 Å². The Hall–Kier alpha value is -1.22. The maximum Gasteiger partial charge on any atom is 0.227 e. The lowest BCUT2D eigenvalue weighted by atomic mass is 10.3. The summed E-state index contributed by atoms with van der Waals surface area (Å²) in [6, 6.07) is 7.90. The third-order valence-corrected chi connectivity index (χ3v) is 3.52. The SMILES string of the molecule is C=CCSc1ccccc1NC(=O)C1CC1. The fraction of sp³-hybridized carbons (Fsp3) is 0.308. The summed E-state index contributed by atoms with van der Waals surface area (Å²) in [7, 11) is 0. The van der Waals surface area contributed by atoms with Crippen LogP contribution in [0.2, 0.25) is 0 Å². The van der Waals surface area contributed by atoms with E-state index in [0.29, 0.717) is 0 Å². The van der Waals surface area contributed by atoms with Gasteiger partial charge in [-0.1, -0.05) is 18.2 Å². The topological polar surface area (TPSA) is 29.1 Å². The van der Waals surface area contributed by atoms with E-state index in [1.54, 1.807) is 11.8 Å². The van der Waals surface area contributed by atoms with E-state index in [4.69, 9.17) is 0 Å². The predicted octanol–water partition coefficient (Wildman–Crippen LogP) is 3.31. The van der Waals surface area contributed by atoms with E-state index in [0.717, 1.165) is 29.2 Å². The van der Waals surface area contributed by atoms with Crippen LogP contribution in [0, 0.1) is 5.92 Å². The van der Waals surface area contributed by atoms with Crippen LogP contribution in [0.5, 0.6) is 0 Å². The van der Waals surface area contributed by atoms with Crippen LogP contribution < -0.4 is 5.32 Å². The largest absolute Gasteiger partial charge is 0.325 e. The molecule has 2 rings (SSSR count). The molecule has 84 valence electrons. The molecular weight excluding hydrogens is 218 g/mol. The van der Waals surface area contributed by atoms with Gasteiger partial charge in [0.15, 0.2) is 0 Å².